The number of benzene rings is 3. The van der Waals surface area contributed by atoms with Gasteiger partial charge in [-0.3, -0.25) is 9.21 Å². The summed E-state index contributed by atoms with van der Waals surface area (Å²) in [6, 6.07) is 21.4. The predicted molar refractivity (Wildman–Crippen MR) is 126 cm³/mol. The van der Waals surface area contributed by atoms with E-state index in [0.717, 1.165) is 11.1 Å². The molecule has 8 heteroatoms. The molecule has 1 heterocycles. The van der Waals surface area contributed by atoms with Crippen molar-refractivity contribution in [3.63, 3.8) is 0 Å². The highest BCUT2D eigenvalue weighted by Gasteiger charge is 2.40. The van der Waals surface area contributed by atoms with E-state index in [2.05, 4.69) is 4.90 Å². The Kier molecular flexibility index (Phi) is 6.17. The fourth-order valence-corrected chi connectivity index (χ4v) is 5.48. The van der Waals surface area contributed by atoms with E-state index in [1.165, 1.54) is 22.7 Å². The van der Waals surface area contributed by atoms with Gasteiger partial charge in [0.1, 0.15) is 5.75 Å². The van der Waals surface area contributed by atoms with E-state index in [4.69, 9.17) is 23.2 Å². The molecule has 0 radical (unpaired) electrons. The van der Waals surface area contributed by atoms with Gasteiger partial charge in [0.05, 0.1) is 24.0 Å². The zero-order valence-electron chi connectivity index (χ0n) is 16.8. The lowest BCUT2D eigenvalue weighted by Crippen LogP contribution is -2.61. The van der Waals surface area contributed by atoms with Gasteiger partial charge in [0.15, 0.2) is 0 Å². The molecule has 3 aromatic carbocycles. The van der Waals surface area contributed by atoms with E-state index in [1.807, 2.05) is 48.5 Å². The Morgan fingerprint density at radius 2 is 1.45 bits per heavy atom. The molecule has 3 aromatic rings. The summed E-state index contributed by atoms with van der Waals surface area (Å²) in [5.74, 6) is 0.0301. The average Bonchev–Trinajstić information content (AvgIpc) is 2.68. The van der Waals surface area contributed by atoms with Crippen LogP contribution < -0.4 is 4.31 Å². The van der Waals surface area contributed by atoms with Crippen LogP contribution in [0.5, 0.6) is 5.75 Å². The minimum absolute atomic E-state index is 0.0301. The molecule has 1 aliphatic rings. The number of hydrogen-bond donors (Lipinski definition) is 1. The number of halogens is 2. The molecule has 0 amide bonds. The topological polar surface area (TPSA) is 60.9 Å². The van der Waals surface area contributed by atoms with E-state index >= 15 is 0 Å². The molecule has 4 rings (SSSR count). The number of rotatable bonds is 6. The summed E-state index contributed by atoms with van der Waals surface area (Å²) in [4.78, 5) is 2.22. The second-order valence-electron chi connectivity index (χ2n) is 7.69. The van der Waals surface area contributed by atoms with Crippen LogP contribution in [0.25, 0.3) is 0 Å². The summed E-state index contributed by atoms with van der Waals surface area (Å²) < 4.78 is 26.5. The zero-order chi connectivity index (χ0) is 22.2. The van der Waals surface area contributed by atoms with E-state index in [1.54, 1.807) is 12.1 Å². The molecule has 0 saturated carbocycles. The molecule has 0 bridgehead atoms. The smallest absolute Gasteiger partial charge is 0.232 e. The Bertz CT molecular complexity index is 1120. The maximum Gasteiger partial charge on any atom is 0.232 e. The standard InChI is InChI=1S/C23H22Cl2N2O3S/c1-31(29,30)27(20-3-2-4-22(28)13-20)21-14-26(15-21)23(16-5-9-18(24)10-6-16)17-7-11-19(25)12-8-17/h2-13,21,23,28H,14-15H2,1H3. The first-order valence-electron chi connectivity index (χ1n) is 9.76. The van der Waals surface area contributed by atoms with Crippen molar-refractivity contribution in [2.24, 2.45) is 0 Å². The molecule has 0 unspecified atom stereocenters. The van der Waals surface area contributed by atoms with Gasteiger partial charge in [0, 0.05) is 29.2 Å². The van der Waals surface area contributed by atoms with E-state index in [-0.39, 0.29) is 17.8 Å². The quantitative estimate of drug-likeness (QED) is 0.547. The van der Waals surface area contributed by atoms with E-state index in [0.29, 0.717) is 28.8 Å². The first-order chi connectivity index (χ1) is 14.7. The van der Waals surface area contributed by atoms with Gasteiger partial charge in [0.2, 0.25) is 10.0 Å². The summed E-state index contributed by atoms with van der Waals surface area (Å²) in [6.45, 7) is 1.08. The third-order valence-corrected chi connectivity index (χ3v) is 7.13. The molecule has 1 saturated heterocycles. The Hall–Kier alpha value is -2.25. The first kappa shape index (κ1) is 22.0. The fraction of sp³-hybridized carbons (Fsp3) is 0.217. The van der Waals surface area contributed by atoms with Gasteiger partial charge in [0.25, 0.3) is 0 Å². The summed E-state index contributed by atoms with van der Waals surface area (Å²) in [6.07, 6.45) is 1.19. The van der Waals surface area contributed by atoms with Gasteiger partial charge in [-0.25, -0.2) is 8.42 Å². The maximum absolute atomic E-state index is 12.6. The summed E-state index contributed by atoms with van der Waals surface area (Å²) >= 11 is 12.2. The van der Waals surface area contributed by atoms with Crippen molar-refractivity contribution in [3.05, 3.63) is 94.0 Å². The summed E-state index contributed by atoms with van der Waals surface area (Å²) in [7, 11) is -3.52. The number of hydrogen-bond acceptors (Lipinski definition) is 4. The first-order valence-corrected chi connectivity index (χ1v) is 12.4. The number of likely N-dealkylation sites (tertiary alicyclic amines) is 1. The highest BCUT2D eigenvalue weighted by Crippen LogP contribution is 2.37. The molecule has 0 atom stereocenters. The zero-order valence-corrected chi connectivity index (χ0v) is 19.1. The summed E-state index contributed by atoms with van der Waals surface area (Å²) in [5.41, 5.74) is 2.59. The molecule has 31 heavy (non-hydrogen) atoms. The Labute approximate surface area is 192 Å². The molecular weight excluding hydrogens is 455 g/mol. The van der Waals surface area contributed by atoms with Crippen molar-refractivity contribution in [1.29, 1.82) is 0 Å². The largest absolute Gasteiger partial charge is 0.508 e. The molecule has 5 nitrogen and oxygen atoms in total. The van der Waals surface area contributed by atoms with Gasteiger partial charge in [-0.1, -0.05) is 53.5 Å². The van der Waals surface area contributed by atoms with Crippen LogP contribution >= 0.6 is 23.2 Å². The minimum Gasteiger partial charge on any atom is -0.508 e. The molecule has 0 spiro atoms. The van der Waals surface area contributed by atoms with Gasteiger partial charge in [-0.05, 0) is 47.5 Å². The van der Waals surface area contributed by atoms with Crippen LogP contribution in [0.4, 0.5) is 5.69 Å². The van der Waals surface area contributed by atoms with Crippen LogP contribution in [0.2, 0.25) is 10.0 Å². The molecule has 1 aliphatic heterocycles. The van der Waals surface area contributed by atoms with Crippen LogP contribution in [0, 0.1) is 0 Å². The van der Waals surface area contributed by atoms with E-state index < -0.39 is 10.0 Å². The van der Waals surface area contributed by atoms with Gasteiger partial charge in [-0.2, -0.15) is 0 Å². The number of anilines is 1. The SMILES string of the molecule is CS(=O)(=O)N(c1cccc(O)c1)C1CN(C(c2ccc(Cl)cc2)c2ccc(Cl)cc2)C1. The third kappa shape index (κ3) is 4.83. The highest BCUT2D eigenvalue weighted by molar-refractivity contribution is 7.92. The molecule has 162 valence electrons. The summed E-state index contributed by atoms with van der Waals surface area (Å²) in [5, 5.41) is 11.1. The average molecular weight is 477 g/mol. The van der Waals surface area contributed by atoms with Crippen molar-refractivity contribution in [2.75, 3.05) is 23.7 Å². The number of aromatic hydroxyl groups is 1. The minimum atomic E-state index is -3.52. The molecule has 0 aromatic heterocycles. The number of sulfonamides is 1. The van der Waals surface area contributed by atoms with Crippen LogP contribution in [0.3, 0.4) is 0 Å². The third-order valence-electron chi connectivity index (χ3n) is 5.40. The second kappa shape index (κ2) is 8.71. The Morgan fingerprint density at radius 1 is 0.935 bits per heavy atom. The normalized spacial score (nSPS) is 15.1. The van der Waals surface area contributed by atoms with Crippen molar-refractivity contribution in [1.82, 2.24) is 4.90 Å². The molecule has 1 N–H and O–H groups in total. The lowest BCUT2D eigenvalue weighted by Gasteiger charge is -2.48. The van der Waals surface area contributed by atoms with Gasteiger partial charge < -0.3 is 5.11 Å². The van der Waals surface area contributed by atoms with Crippen molar-refractivity contribution in [3.8, 4) is 5.75 Å². The van der Waals surface area contributed by atoms with Crippen LogP contribution in [0.15, 0.2) is 72.8 Å². The van der Waals surface area contributed by atoms with Crippen molar-refractivity contribution >= 4 is 38.9 Å². The molecule has 1 fully saturated rings. The predicted octanol–water partition coefficient (Wildman–Crippen LogP) is 4.94. The van der Waals surface area contributed by atoms with Gasteiger partial charge in [-0.15, -0.1) is 0 Å². The monoisotopic (exact) mass is 476 g/mol. The fourth-order valence-electron chi connectivity index (χ4n) is 4.05. The molecular formula is C23H22Cl2N2O3S. The van der Waals surface area contributed by atoms with Crippen LogP contribution in [0.1, 0.15) is 17.2 Å². The number of phenols is 1. The van der Waals surface area contributed by atoms with Crippen molar-refractivity contribution in [2.45, 2.75) is 12.1 Å². The lowest BCUT2D eigenvalue weighted by atomic mass is 9.93. The highest BCUT2D eigenvalue weighted by atomic mass is 35.5. The maximum atomic E-state index is 12.6. The van der Waals surface area contributed by atoms with Crippen LogP contribution in [-0.2, 0) is 10.0 Å². The Morgan fingerprint density at radius 3 is 1.90 bits per heavy atom. The number of phenolic OH excluding ortho intramolecular Hbond substituents is 1. The van der Waals surface area contributed by atoms with Crippen LogP contribution in [-0.4, -0.2) is 43.8 Å². The lowest BCUT2D eigenvalue weighted by molar-refractivity contribution is 0.116. The molecule has 0 aliphatic carbocycles. The number of nitrogens with zero attached hydrogens (tertiary/aromatic N) is 2. The van der Waals surface area contributed by atoms with Gasteiger partial charge >= 0.3 is 0 Å². The van der Waals surface area contributed by atoms with Crippen molar-refractivity contribution < 1.29 is 13.5 Å². The second-order valence-corrected chi connectivity index (χ2v) is 10.4. The Balaban J connectivity index is 1.63. The van der Waals surface area contributed by atoms with E-state index in [9.17, 15) is 13.5 Å².